The van der Waals surface area contributed by atoms with Gasteiger partial charge in [0.2, 0.25) is 0 Å². The molecule has 0 aliphatic carbocycles. The second-order valence-electron chi connectivity index (χ2n) is 4.69. The number of nitrogens with zero attached hydrogens (tertiary/aromatic N) is 2. The van der Waals surface area contributed by atoms with Crippen LogP contribution in [0, 0.1) is 23.0 Å². The molecule has 2 heterocycles. The quantitative estimate of drug-likeness (QED) is 0.741. The summed E-state index contributed by atoms with van der Waals surface area (Å²) in [6.45, 7) is 0. The highest BCUT2D eigenvalue weighted by atomic mass is 32.2. The molecule has 0 aliphatic rings. The molecule has 3 aromatic rings. The maximum Gasteiger partial charge on any atom is 0.263 e. The third-order valence-corrected chi connectivity index (χ3v) is 5.06. The zero-order chi connectivity index (χ0) is 17.3. The van der Waals surface area contributed by atoms with Gasteiger partial charge in [-0.3, -0.25) is 4.72 Å². The van der Waals surface area contributed by atoms with Crippen LogP contribution in [0.3, 0.4) is 0 Å². The summed E-state index contributed by atoms with van der Waals surface area (Å²) >= 11 is 1.21. The van der Waals surface area contributed by atoms with Crippen LogP contribution < -0.4 is 4.72 Å². The van der Waals surface area contributed by atoms with Crippen molar-refractivity contribution in [3.63, 3.8) is 0 Å². The van der Waals surface area contributed by atoms with E-state index in [2.05, 4.69) is 9.36 Å². The Labute approximate surface area is 139 Å². The molecule has 122 valence electrons. The molecule has 0 fully saturated rings. The summed E-state index contributed by atoms with van der Waals surface area (Å²) in [4.78, 5) is 2.64. The minimum atomic E-state index is -4.13. The average molecular weight is 366 g/mol. The van der Waals surface area contributed by atoms with Crippen LogP contribution in [0.25, 0.3) is 11.3 Å². The van der Waals surface area contributed by atoms with Crippen molar-refractivity contribution in [3.05, 3.63) is 53.2 Å². The van der Waals surface area contributed by atoms with E-state index in [1.807, 2.05) is 4.72 Å². The molecule has 2 N–H and O–H groups in total. The van der Waals surface area contributed by atoms with Crippen molar-refractivity contribution >= 4 is 27.2 Å². The van der Waals surface area contributed by atoms with E-state index in [0.717, 1.165) is 0 Å². The van der Waals surface area contributed by atoms with Gasteiger partial charge >= 0.3 is 0 Å². The summed E-state index contributed by atoms with van der Waals surface area (Å²) in [5.41, 5.74) is 0.142. The number of nitrogens with one attached hydrogen (secondary N) is 2. The highest BCUT2D eigenvalue weighted by molar-refractivity contribution is 7.92. The Balaban J connectivity index is 1.93. The molecular weight excluding hydrogens is 358 g/mol. The van der Waals surface area contributed by atoms with E-state index in [9.17, 15) is 17.2 Å². The number of hydrogen-bond acceptors (Lipinski definition) is 5. The van der Waals surface area contributed by atoms with Gasteiger partial charge in [0, 0.05) is 35.1 Å². The molecule has 0 saturated heterocycles. The van der Waals surface area contributed by atoms with Crippen LogP contribution in [-0.4, -0.2) is 17.8 Å². The van der Waals surface area contributed by atoms with E-state index in [0.29, 0.717) is 23.4 Å². The predicted molar refractivity (Wildman–Crippen MR) is 83.8 cm³/mol. The Hall–Kier alpha value is -2.77. The van der Waals surface area contributed by atoms with Gasteiger partial charge in [-0.2, -0.15) is 5.26 Å². The van der Waals surface area contributed by atoms with Crippen molar-refractivity contribution in [3.8, 4) is 17.3 Å². The number of anilines is 1. The Kier molecular flexibility index (Phi) is 4.04. The second-order valence-corrected chi connectivity index (χ2v) is 7.03. The smallest absolute Gasteiger partial charge is 0.263 e. The minimum Gasteiger partial charge on any atom is -0.360 e. The molecule has 0 atom stereocenters. The van der Waals surface area contributed by atoms with E-state index in [1.165, 1.54) is 29.9 Å². The highest BCUT2D eigenvalue weighted by Crippen LogP contribution is 2.25. The first kappa shape index (κ1) is 16.1. The molecule has 0 radical (unpaired) electrons. The summed E-state index contributed by atoms with van der Waals surface area (Å²) in [5.74, 6) is -2.06. The van der Waals surface area contributed by atoms with Crippen molar-refractivity contribution in [1.82, 2.24) is 9.36 Å². The number of rotatable bonds is 4. The van der Waals surface area contributed by atoms with Crippen LogP contribution in [0.15, 0.2) is 40.9 Å². The molecule has 3 rings (SSSR count). The minimum absolute atomic E-state index is 0.145. The Morgan fingerprint density at radius 2 is 2.04 bits per heavy atom. The highest BCUT2D eigenvalue weighted by Gasteiger charge is 2.20. The first-order chi connectivity index (χ1) is 11.4. The van der Waals surface area contributed by atoms with Crippen molar-refractivity contribution in [1.29, 1.82) is 5.26 Å². The lowest BCUT2D eigenvalue weighted by Crippen LogP contribution is -2.13. The second kappa shape index (κ2) is 6.03. The molecule has 0 bridgehead atoms. The van der Waals surface area contributed by atoms with E-state index in [4.69, 9.17) is 5.26 Å². The van der Waals surface area contributed by atoms with Gasteiger partial charge in [-0.25, -0.2) is 21.6 Å². The number of nitriles is 1. The molecule has 2 aromatic heterocycles. The molecule has 1 aromatic carbocycles. The zero-order valence-electron chi connectivity index (χ0n) is 11.7. The lowest BCUT2D eigenvalue weighted by atomic mass is 10.2. The first-order valence-corrected chi connectivity index (χ1v) is 8.73. The molecule has 0 aliphatic heterocycles. The molecule has 24 heavy (non-hydrogen) atoms. The maximum absolute atomic E-state index is 13.8. The van der Waals surface area contributed by atoms with Gasteiger partial charge in [0.05, 0.1) is 11.3 Å². The number of sulfonamides is 1. The van der Waals surface area contributed by atoms with Gasteiger partial charge in [-0.1, -0.05) is 0 Å². The number of halogens is 2. The monoisotopic (exact) mass is 366 g/mol. The largest absolute Gasteiger partial charge is 0.360 e. The van der Waals surface area contributed by atoms with Crippen LogP contribution in [0.2, 0.25) is 0 Å². The molecule has 6 nitrogen and oxygen atoms in total. The number of benzene rings is 1. The van der Waals surface area contributed by atoms with Crippen molar-refractivity contribution in [2.75, 3.05) is 4.72 Å². The maximum atomic E-state index is 13.8. The summed E-state index contributed by atoms with van der Waals surface area (Å²) in [5, 5.41) is 10.4. The normalized spacial score (nSPS) is 11.2. The van der Waals surface area contributed by atoms with Gasteiger partial charge in [0.1, 0.15) is 22.6 Å². The summed E-state index contributed by atoms with van der Waals surface area (Å²) in [6, 6.07) is 4.08. The number of aromatic amines is 1. The fourth-order valence-corrected chi connectivity index (χ4v) is 3.54. The Morgan fingerprint density at radius 1 is 1.25 bits per heavy atom. The van der Waals surface area contributed by atoms with Gasteiger partial charge in [0.25, 0.3) is 10.0 Å². The first-order valence-electron chi connectivity index (χ1n) is 6.41. The molecular formula is C14H8F2N4O2S2. The standard InChI is InChI=1S/C14H8F2N4O2S2/c15-11-3-14(12(16)1-8(11)4-17)20-24(21,22)10-2-13(18-6-10)9-5-19-23-7-9/h1-3,5-7,18,20H. The van der Waals surface area contributed by atoms with Crippen molar-refractivity contribution in [2.24, 2.45) is 0 Å². The Bertz CT molecular complexity index is 1040. The third-order valence-electron chi connectivity index (χ3n) is 3.13. The molecule has 0 saturated carbocycles. The van der Waals surface area contributed by atoms with E-state index >= 15 is 0 Å². The summed E-state index contributed by atoms with van der Waals surface area (Å²) in [6.07, 6.45) is 2.79. The number of hydrogen-bond donors (Lipinski definition) is 2. The van der Waals surface area contributed by atoms with Gasteiger partial charge in [0.15, 0.2) is 0 Å². The molecule has 0 amide bonds. The van der Waals surface area contributed by atoms with E-state index < -0.39 is 32.9 Å². The van der Waals surface area contributed by atoms with Gasteiger partial charge < -0.3 is 4.98 Å². The predicted octanol–water partition coefficient (Wildman–Crippen LogP) is 3.09. The van der Waals surface area contributed by atoms with Crippen LogP contribution >= 0.6 is 11.5 Å². The van der Waals surface area contributed by atoms with Crippen LogP contribution in [0.1, 0.15) is 5.56 Å². The summed E-state index contributed by atoms with van der Waals surface area (Å²) < 4.78 is 57.9. The fraction of sp³-hybridized carbons (Fsp3) is 0. The van der Waals surface area contributed by atoms with E-state index in [1.54, 1.807) is 11.6 Å². The van der Waals surface area contributed by atoms with Crippen LogP contribution in [0.5, 0.6) is 0 Å². The lowest BCUT2D eigenvalue weighted by molar-refractivity contribution is 0.593. The SMILES string of the molecule is N#Cc1cc(F)c(NS(=O)(=O)c2c[nH]c(-c3cnsc3)c2)cc1F. The van der Waals surface area contributed by atoms with E-state index in [-0.39, 0.29) is 4.90 Å². The van der Waals surface area contributed by atoms with Crippen LogP contribution in [0.4, 0.5) is 14.5 Å². The summed E-state index contributed by atoms with van der Waals surface area (Å²) in [7, 11) is -4.13. The topological polar surface area (TPSA) is 98.6 Å². The number of H-pyrrole nitrogens is 1. The van der Waals surface area contributed by atoms with Crippen LogP contribution in [-0.2, 0) is 10.0 Å². The molecule has 0 spiro atoms. The Morgan fingerprint density at radius 3 is 2.71 bits per heavy atom. The lowest BCUT2D eigenvalue weighted by Gasteiger charge is -2.08. The van der Waals surface area contributed by atoms with Gasteiger partial charge in [-0.15, -0.1) is 0 Å². The molecule has 10 heteroatoms. The van der Waals surface area contributed by atoms with Crippen molar-refractivity contribution in [2.45, 2.75) is 4.90 Å². The average Bonchev–Trinajstić information content (AvgIpc) is 3.20. The number of aromatic nitrogens is 2. The zero-order valence-corrected chi connectivity index (χ0v) is 13.4. The van der Waals surface area contributed by atoms with Gasteiger partial charge in [-0.05, 0) is 23.7 Å². The fourth-order valence-electron chi connectivity index (χ4n) is 1.95. The molecule has 0 unspecified atom stereocenters. The van der Waals surface area contributed by atoms with Crippen molar-refractivity contribution < 1.29 is 17.2 Å². The third kappa shape index (κ3) is 2.99.